The molecule has 2 rings (SSSR count). The van der Waals surface area contributed by atoms with Crippen LogP contribution in [-0.2, 0) is 11.2 Å². The zero-order chi connectivity index (χ0) is 9.97. The van der Waals surface area contributed by atoms with Crippen molar-refractivity contribution in [2.45, 2.75) is 25.2 Å². The molecule has 0 saturated carbocycles. The maximum absolute atomic E-state index is 10.8. The van der Waals surface area contributed by atoms with E-state index >= 15 is 0 Å². The minimum Gasteiger partial charge on any atom is -0.497 e. The fourth-order valence-electron chi connectivity index (χ4n) is 2.10. The van der Waals surface area contributed by atoms with E-state index in [4.69, 9.17) is 4.74 Å². The molecule has 0 heterocycles. The average molecular weight is 190 g/mol. The first-order valence-corrected chi connectivity index (χ1v) is 4.97. The molecule has 1 aliphatic carbocycles. The van der Waals surface area contributed by atoms with Crippen LogP contribution in [0.5, 0.6) is 5.75 Å². The number of rotatable bonds is 2. The van der Waals surface area contributed by atoms with Crippen LogP contribution in [0.1, 0.15) is 29.9 Å². The third-order valence-electron chi connectivity index (χ3n) is 2.88. The molecule has 0 aliphatic heterocycles. The van der Waals surface area contributed by atoms with E-state index in [1.807, 2.05) is 18.2 Å². The highest BCUT2D eigenvalue weighted by molar-refractivity contribution is 5.64. The van der Waals surface area contributed by atoms with Crippen molar-refractivity contribution in [3.05, 3.63) is 29.3 Å². The zero-order valence-electron chi connectivity index (χ0n) is 8.32. The molecular weight excluding hydrogens is 176 g/mol. The van der Waals surface area contributed by atoms with Crippen molar-refractivity contribution >= 4 is 6.29 Å². The average Bonchev–Trinajstić information content (AvgIpc) is 2.27. The summed E-state index contributed by atoms with van der Waals surface area (Å²) < 4.78 is 5.16. The quantitative estimate of drug-likeness (QED) is 0.669. The predicted molar refractivity (Wildman–Crippen MR) is 54.7 cm³/mol. The summed E-state index contributed by atoms with van der Waals surface area (Å²) in [5, 5.41) is 0. The maximum Gasteiger partial charge on any atom is 0.127 e. The molecular formula is C12H14O2. The van der Waals surface area contributed by atoms with E-state index in [0.717, 1.165) is 31.3 Å². The number of fused-ring (bicyclic) bond motifs is 1. The SMILES string of the molecule is COc1ccc2c(c1)CCC[C@@H]2C=O. The van der Waals surface area contributed by atoms with Crippen LogP contribution in [0.25, 0.3) is 0 Å². The third-order valence-corrected chi connectivity index (χ3v) is 2.88. The lowest BCUT2D eigenvalue weighted by molar-refractivity contribution is -0.109. The van der Waals surface area contributed by atoms with E-state index in [-0.39, 0.29) is 5.92 Å². The molecule has 0 radical (unpaired) electrons. The standard InChI is InChI=1S/C12H14O2/c1-14-11-5-6-12-9(7-11)3-2-4-10(12)8-13/h5-8,10H,2-4H2,1H3/t10-/m1/s1. The van der Waals surface area contributed by atoms with E-state index in [1.165, 1.54) is 11.1 Å². The Morgan fingerprint density at radius 1 is 1.50 bits per heavy atom. The summed E-state index contributed by atoms with van der Waals surface area (Å²) in [6.07, 6.45) is 4.22. The lowest BCUT2D eigenvalue weighted by atomic mass is 9.83. The molecule has 0 bridgehead atoms. The Morgan fingerprint density at radius 3 is 3.07 bits per heavy atom. The van der Waals surface area contributed by atoms with Gasteiger partial charge < -0.3 is 9.53 Å². The second kappa shape index (κ2) is 3.82. The summed E-state index contributed by atoms with van der Waals surface area (Å²) >= 11 is 0. The van der Waals surface area contributed by atoms with Crippen molar-refractivity contribution in [2.24, 2.45) is 0 Å². The van der Waals surface area contributed by atoms with E-state index in [1.54, 1.807) is 7.11 Å². The van der Waals surface area contributed by atoms with E-state index in [0.29, 0.717) is 0 Å². The van der Waals surface area contributed by atoms with Gasteiger partial charge >= 0.3 is 0 Å². The van der Waals surface area contributed by atoms with E-state index < -0.39 is 0 Å². The summed E-state index contributed by atoms with van der Waals surface area (Å²) in [7, 11) is 1.67. The van der Waals surface area contributed by atoms with Crippen LogP contribution >= 0.6 is 0 Å². The number of ether oxygens (including phenoxy) is 1. The first-order valence-electron chi connectivity index (χ1n) is 4.97. The van der Waals surface area contributed by atoms with Gasteiger partial charge in [0.15, 0.2) is 0 Å². The van der Waals surface area contributed by atoms with E-state index in [9.17, 15) is 4.79 Å². The van der Waals surface area contributed by atoms with Gasteiger partial charge in [0.05, 0.1) is 7.11 Å². The molecule has 0 fully saturated rings. The normalized spacial score (nSPS) is 19.9. The fraction of sp³-hybridized carbons (Fsp3) is 0.417. The van der Waals surface area contributed by atoms with Gasteiger partial charge in [0.1, 0.15) is 12.0 Å². The van der Waals surface area contributed by atoms with E-state index in [2.05, 4.69) is 0 Å². The van der Waals surface area contributed by atoms with Gasteiger partial charge in [0, 0.05) is 5.92 Å². The molecule has 0 spiro atoms. The second-order valence-corrected chi connectivity index (χ2v) is 3.70. The Bertz CT molecular complexity index is 344. The van der Waals surface area contributed by atoms with Crippen LogP contribution in [0, 0.1) is 0 Å². The monoisotopic (exact) mass is 190 g/mol. The van der Waals surface area contributed by atoms with Crippen LogP contribution in [0.3, 0.4) is 0 Å². The van der Waals surface area contributed by atoms with Gasteiger partial charge in [-0.3, -0.25) is 0 Å². The van der Waals surface area contributed by atoms with Gasteiger partial charge in [-0.1, -0.05) is 6.07 Å². The van der Waals surface area contributed by atoms with Gasteiger partial charge in [0.25, 0.3) is 0 Å². The number of hydrogen-bond donors (Lipinski definition) is 0. The number of aldehydes is 1. The molecule has 1 atom stereocenters. The number of hydrogen-bond acceptors (Lipinski definition) is 2. The van der Waals surface area contributed by atoms with Crippen LogP contribution < -0.4 is 4.74 Å². The smallest absolute Gasteiger partial charge is 0.127 e. The number of carbonyl (C=O) groups is 1. The number of benzene rings is 1. The number of aryl methyl sites for hydroxylation is 1. The highest BCUT2D eigenvalue weighted by Crippen LogP contribution is 2.32. The molecule has 74 valence electrons. The van der Waals surface area contributed by atoms with Crippen molar-refractivity contribution in [3.63, 3.8) is 0 Å². The van der Waals surface area contributed by atoms with Gasteiger partial charge in [-0.2, -0.15) is 0 Å². The summed E-state index contributed by atoms with van der Waals surface area (Å²) in [6, 6.07) is 6.00. The van der Waals surface area contributed by atoms with Crippen molar-refractivity contribution in [3.8, 4) is 5.75 Å². The van der Waals surface area contributed by atoms with Crippen molar-refractivity contribution in [1.82, 2.24) is 0 Å². The maximum atomic E-state index is 10.8. The van der Waals surface area contributed by atoms with Gasteiger partial charge in [-0.15, -0.1) is 0 Å². The molecule has 1 aliphatic rings. The molecule has 0 unspecified atom stereocenters. The molecule has 0 amide bonds. The first kappa shape index (κ1) is 9.25. The molecule has 2 heteroatoms. The van der Waals surface area contributed by atoms with Gasteiger partial charge in [-0.25, -0.2) is 0 Å². The van der Waals surface area contributed by atoms with Crippen LogP contribution in [-0.4, -0.2) is 13.4 Å². The minimum atomic E-state index is 0.102. The number of carbonyl (C=O) groups excluding carboxylic acids is 1. The fourth-order valence-corrected chi connectivity index (χ4v) is 2.10. The summed E-state index contributed by atoms with van der Waals surface area (Å²) in [5.41, 5.74) is 2.46. The molecule has 0 aromatic heterocycles. The summed E-state index contributed by atoms with van der Waals surface area (Å²) in [5.74, 6) is 0.986. The molecule has 1 aromatic rings. The molecule has 1 aromatic carbocycles. The van der Waals surface area contributed by atoms with Crippen molar-refractivity contribution in [1.29, 1.82) is 0 Å². The van der Waals surface area contributed by atoms with Gasteiger partial charge in [0.2, 0.25) is 0 Å². The Morgan fingerprint density at radius 2 is 2.36 bits per heavy atom. The zero-order valence-corrected chi connectivity index (χ0v) is 8.32. The molecule has 0 saturated heterocycles. The highest BCUT2D eigenvalue weighted by atomic mass is 16.5. The van der Waals surface area contributed by atoms with Crippen molar-refractivity contribution in [2.75, 3.05) is 7.11 Å². The largest absolute Gasteiger partial charge is 0.497 e. The van der Waals surface area contributed by atoms with Crippen molar-refractivity contribution < 1.29 is 9.53 Å². The Labute approximate surface area is 83.9 Å². The Hall–Kier alpha value is -1.31. The molecule has 14 heavy (non-hydrogen) atoms. The first-order chi connectivity index (χ1) is 6.85. The summed E-state index contributed by atoms with van der Waals surface area (Å²) in [6.45, 7) is 0. The van der Waals surface area contributed by atoms with Crippen LogP contribution in [0.4, 0.5) is 0 Å². The Kier molecular flexibility index (Phi) is 2.53. The second-order valence-electron chi connectivity index (χ2n) is 3.70. The lowest BCUT2D eigenvalue weighted by Gasteiger charge is -2.21. The van der Waals surface area contributed by atoms with Crippen LogP contribution in [0.15, 0.2) is 18.2 Å². The third kappa shape index (κ3) is 1.52. The topological polar surface area (TPSA) is 26.3 Å². The predicted octanol–water partition coefficient (Wildman–Crippen LogP) is 2.31. The molecule has 2 nitrogen and oxygen atoms in total. The molecule has 0 N–H and O–H groups in total. The number of methoxy groups -OCH3 is 1. The van der Waals surface area contributed by atoms with Crippen LogP contribution in [0.2, 0.25) is 0 Å². The highest BCUT2D eigenvalue weighted by Gasteiger charge is 2.19. The minimum absolute atomic E-state index is 0.102. The van der Waals surface area contributed by atoms with Gasteiger partial charge in [-0.05, 0) is 42.5 Å². The summed E-state index contributed by atoms with van der Waals surface area (Å²) in [4.78, 5) is 10.8. The Balaban J connectivity index is 2.40. The lowest BCUT2D eigenvalue weighted by Crippen LogP contribution is -2.10.